The number of carbonyl (C=O) groups is 1. The Morgan fingerprint density at radius 1 is 1.19 bits per heavy atom. The first-order valence-corrected chi connectivity index (χ1v) is 8.94. The fourth-order valence-electron chi connectivity index (χ4n) is 3.57. The number of halogens is 1. The lowest BCUT2D eigenvalue weighted by Crippen LogP contribution is -2.57. The third-order valence-electron chi connectivity index (χ3n) is 4.92. The number of hydrogen-bond donors (Lipinski definition) is 0. The first-order chi connectivity index (χ1) is 13.1. The summed E-state index contributed by atoms with van der Waals surface area (Å²) >= 11 is 0. The highest BCUT2D eigenvalue weighted by Crippen LogP contribution is 2.28. The van der Waals surface area contributed by atoms with E-state index < -0.39 is 17.0 Å². The number of para-hydroxylation sites is 1. The fraction of sp³-hybridized carbons (Fsp3) is 0.421. The van der Waals surface area contributed by atoms with Gasteiger partial charge in [0.1, 0.15) is 22.8 Å². The zero-order valence-corrected chi connectivity index (χ0v) is 14.8. The van der Waals surface area contributed by atoms with Crippen LogP contribution in [0.3, 0.4) is 0 Å². The lowest BCUT2D eigenvalue weighted by molar-refractivity contribution is -0.160. The van der Waals surface area contributed by atoms with Crippen molar-refractivity contribution in [2.75, 3.05) is 32.9 Å². The lowest BCUT2D eigenvalue weighted by Gasteiger charge is -2.44. The standard InChI is InChI=1S/C19H20FN3O4/c20-14-4-1-2-5-16(14)23-17(24)7-6-15(21-23)18(25)22-9-11-27-19(12-22)8-3-10-26-13-19/h1-2,4-7H,3,8-13H2. The van der Waals surface area contributed by atoms with E-state index in [2.05, 4.69) is 5.10 Å². The molecule has 0 bridgehead atoms. The molecule has 0 aliphatic carbocycles. The van der Waals surface area contributed by atoms with Crippen molar-refractivity contribution in [2.24, 2.45) is 0 Å². The topological polar surface area (TPSA) is 73.7 Å². The Morgan fingerprint density at radius 2 is 2.04 bits per heavy atom. The summed E-state index contributed by atoms with van der Waals surface area (Å²) in [5.74, 6) is -0.894. The number of benzene rings is 1. The van der Waals surface area contributed by atoms with Gasteiger partial charge >= 0.3 is 0 Å². The van der Waals surface area contributed by atoms with Gasteiger partial charge in [0, 0.05) is 19.2 Å². The zero-order valence-electron chi connectivity index (χ0n) is 14.8. The molecule has 7 nitrogen and oxygen atoms in total. The van der Waals surface area contributed by atoms with Crippen molar-refractivity contribution >= 4 is 5.91 Å². The highest BCUT2D eigenvalue weighted by molar-refractivity contribution is 5.92. The molecule has 0 saturated carbocycles. The van der Waals surface area contributed by atoms with Crippen LogP contribution in [0.15, 0.2) is 41.2 Å². The van der Waals surface area contributed by atoms with Gasteiger partial charge in [-0.1, -0.05) is 12.1 Å². The van der Waals surface area contributed by atoms with Crippen molar-refractivity contribution in [3.05, 3.63) is 58.3 Å². The molecule has 0 radical (unpaired) electrons. The number of nitrogens with zero attached hydrogens (tertiary/aromatic N) is 3. The number of rotatable bonds is 2. The van der Waals surface area contributed by atoms with E-state index in [-0.39, 0.29) is 17.3 Å². The van der Waals surface area contributed by atoms with Gasteiger partial charge in [-0.05, 0) is 31.0 Å². The van der Waals surface area contributed by atoms with Gasteiger partial charge in [0.15, 0.2) is 0 Å². The molecule has 27 heavy (non-hydrogen) atoms. The van der Waals surface area contributed by atoms with E-state index in [0.29, 0.717) is 32.9 Å². The Hall–Kier alpha value is -2.58. The predicted molar refractivity (Wildman–Crippen MR) is 94.4 cm³/mol. The van der Waals surface area contributed by atoms with Gasteiger partial charge in [0.2, 0.25) is 0 Å². The summed E-state index contributed by atoms with van der Waals surface area (Å²) in [5, 5.41) is 4.11. The summed E-state index contributed by atoms with van der Waals surface area (Å²) in [6.45, 7) is 2.42. The van der Waals surface area contributed by atoms with E-state index in [1.165, 1.54) is 30.3 Å². The molecule has 1 atom stereocenters. The molecule has 1 amide bonds. The van der Waals surface area contributed by atoms with Gasteiger partial charge in [-0.15, -0.1) is 0 Å². The highest BCUT2D eigenvalue weighted by Gasteiger charge is 2.40. The molecule has 2 saturated heterocycles. The maximum atomic E-state index is 14.1. The van der Waals surface area contributed by atoms with Gasteiger partial charge in [0.05, 0.1) is 19.8 Å². The minimum absolute atomic E-state index is 0.0104. The first-order valence-electron chi connectivity index (χ1n) is 8.94. The molecule has 1 spiro atoms. The summed E-state index contributed by atoms with van der Waals surface area (Å²) in [5.41, 5.74) is -0.884. The minimum Gasteiger partial charge on any atom is -0.378 e. The van der Waals surface area contributed by atoms with Crippen LogP contribution in [0.25, 0.3) is 5.69 Å². The SMILES string of the molecule is O=C(c1ccc(=O)n(-c2ccccc2F)n1)N1CCOC2(CCCOC2)C1. The Balaban J connectivity index is 1.62. The molecule has 2 aromatic rings. The molecule has 0 N–H and O–H groups in total. The molecule has 1 aromatic carbocycles. The van der Waals surface area contributed by atoms with Crippen molar-refractivity contribution < 1.29 is 18.7 Å². The van der Waals surface area contributed by atoms with Crippen molar-refractivity contribution in [2.45, 2.75) is 18.4 Å². The normalized spacial score (nSPS) is 22.8. The van der Waals surface area contributed by atoms with Crippen LogP contribution in [0.4, 0.5) is 4.39 Å². The zero-order chi connectivity index (χ0) is 18.9. The number of aromatic nitrogens is 2. The molecular weight excluding hydrogens is 353 g/mol. The molecule has 1 aromatic heterocycles. The van der Waals surface area contributed by atoms with Crippen molar-refractivity contribution in [3.63, 3.8) is 0 Å². The molecule has 1 unspecified atom stereocenters. The first kappa shape index (κ1) is 17.8. The van der Waals surface area contributed by atoms with Crippen LogP contribution >= 0.6 is 0 Å². The maximum Gasteiger partial charge on any atom is 0.274 e. The van der Waals surface area contributed by atoms with E-state index in [0.717, 1.165) is 17.5 Å². The molecule has 3 heterocycles. The van der Waals surface area contributed by atoms with Crippen molar-refractivity contribution in [1.29, 1.82) is 0 Å². The molecule has 2 aliphatic rings. The second kappa shape index (κ2) is 7.21. The van der Waals surface area contributed by atoms with Crippen LogP contribution in [0.5, 0.6) is 0 Å². The van der Waals surface area contributed by atoms with E-state index in [4.69, 9.17) is 9.47 Å². The predicted octanol–water partition coefficient (Wildman–Crippen LogP) is 1.39. The average Bonchev–Trinajstić information content (AvgIpc) is 2.69. The third-order valence-corrected chi connectivity index (χ3v) is 4.92. The van der Waals surface area contributed by atoms with Crippen molar-refractivity contribution in [3.8, 4) is 5.69 Å². The number of carbonyl (C=O) groups excluding carboxylic acids is 1. The monoisotopic (exact) mass is 373 g/mol. The van der Waals surface area contributed by atoms with Crippen LogP contribution in [0, 0.1) is 5.82 Å². The Bertz CT molecular complexity index is 902. The minimum atomic E-state index is -0.582. The number of ether oxygens (including phenoxy) is 2. The summed E-state index contributed by atoms with van der Waals surface area (Å²) < 4.78 is 26.4. The van der Waals surface area contributed by atoms with E-state index >= 15 is 0 Å². The van der Waals surface area contributed by atoms with Crippen LogP contribution in [-0.2, 0) is 9.47 Å². The third kappa shape index (κ3) is 3.50. The van der Waals surface area contributed by atoms with E-state index in [1.807, 2.05) is 0 Å². The Labute approximate surface area is 155 Å². The summed E-state index contributed by atoms with van der Waals surface area (Å²) in [6.07, 6.45) is 1.72. The van der Waals surface area contributed by atoms with Crippen LogP contribution < -0.4 is 5.56 Å². The lowest BCUT2D eigenvalue weighted by atomic mass is 9.94. The molecule has 2 aliphatic heterocycles. The fourth-order valence-corrected chi connectivity index (χ4v) is 3.57. The molecule has 2 fully saturated rings. The molecule has 4 rings (SSSR count). The van der Waals surface area contributed by atoms with Gasteiger partial charge in [0.25, 0.3) is 11.5 Å². The van der Waals surface area contributed by atoms with Crippen LogP contribution in [-0.4, -0.2) is 59.1 Å². The summed E-state index contributed by atoms with van der Waals surface area (Å²) in [7, 11) is 0. The van der Waals surface area contributed by atoms with Crippen LogP contribution in [0.2, 0.25) is 0 Å². The van der Waals surface area contributed by atoms with Gasteiger partial charge in [-0.25, -0.2) is 4.39 Å². The van der Waals surface area contributed by atoms with E-state index in [9.17, 15) is 14.0 Å². The number of hydrogen-bond acceptors (Lipinski definition) is 5. The smallest absolute Gasteiger partial charge is 0.274 e. The average molecular weight is 373 g/mol. The number of amides is 1. The van der Waals surface area contributed by atoms with Gasteiger partial charge < -0.3 is 14.4 Å². The van der Waals surface area contributed by atoms with Gasteiger partial charge in [-0.3, -0.25) is 9.59 Å². The van der Waals surface area contributed by atoms with E-state index in [1.54, 1.807) is 11.0 Å². The summed E-state index contributed by atoms with van der Waals surface area (Å²) in [6, 6.07) is 8.43. The Morgan fingerprint density at radius 3 is 2.81 bits per heavy atom. The van der Waals surface area contributed by atoms with Gasteiger partial charge in [-0.2, -0.15) is 9.78 Å². The summed E-state index contributed by atoms with van der Waals surface area (Å²) in [4.78, 5) is 26.8. The Kier molecular flexibility index (Phi) is 4.75. The number of morpholine rings is 1. The largest absolute Gasteiger partial charge is 0.378 e. The van der Waals surface area contributed by atoms with Crippen LogP contribution in [0.1, 0.15) is 23.3 Å². The molecular formula is C19H20FN3O4. The highest BCUT2D eigenvalue weighted by atomic mass is 19.1. The quantitative estimate of drug-likeness (QED) is 0.796. The maximum absolute atomic E-state index is 14.1. The molecule has 142 valence electrons. The van der Waals surface area contributed by atoms with Crippen molar-refractivity contribution in [1.82, 2.24) is 14.7 Å². The second-order valence-electron chi connectivity index (χ2n) is 6.83. The second-order valence-corrected chi connectivity index (χ2v) is 6.83. The molecule has 8 heteroatoms.